The van der Waals surface area contributed by atoms with Crippen LogP contribution in [0.3, 0.4) is 0 Å². The van der Waals surface area contributed by atoms with Gasteiger partial charge in [0.25, 0.3) is 0 Å². The summed E-state index contributed by atoms with van der Waals surface area (Å²) in [6.45, 7) is 6.61. The van der Waals surface area contributed by atoms with Gasteiger partial charge in [-0.3, -0.25) is 4.90 Å². The Labute approximate surface area is 117 Å². The molecule has 0 N–H and O–H groups in total. The van der Waals surface area contributed by atoms with E-state index in [1.165, 1.54) is 31.6 Å². The third-order valence-electron chi connectivity index (χ3n) is 3.87. The van der Waals surface area contributed by atoms with Gasteiger partial charge < -0.3 is 9.64 Å². The predicted molar refractivity (Wildman–Crippen MR) is 79.2 cm³/mol. The summed E-state index contributed by atoms with van der Waals surface area (Å²) in [4.78, 5) is 4.96. The zero-order valence-electron chi connectivity index (χ0n) is 12.2. The van der Waals surface area contributed by atoms with E-state index in [0.717, 1.165) is 25.6 Å². The summed E-state index contributed by atoms with van der Waals surface area (Å²) in [6.07, 6.45) is 1.32. The van der Waals surface area contributed by atoms with E-state index in [0.29, 0.717) is 0 Å². The smallest absolute Gasteiger partial charge is 0.0589 e. The number of hydrogen-bond donors (Lipinski definition) is 0. The van der Waals surface area contributed by atoms with Crippen molar-refractivity contribution in [3.63, 3.8) is 0 Å². The Morgan fingerprint density at radius 2 is 2.11 bits per heavy atom. The van der Waals surface area contributed by atoms with Gasteiger partial charge in [0.15, 0.2) is 0 Å². The van der Waals surface area contributed by atoms with Crippen LogP contribution in [0.2, 0.25) is 0 Å². The lowest BCUT2D eigenvalue weighted by Crippen LogP contribution is -2.30. The highest BCUT2D eigenvalue weighted by Crippen LogP contribution is 2.19. The Hall–Kier alpha value is -0.900. The lowest BCUT2D eigenvalue weighted by atomic mass is 10.1. The second-order valence-electron chi connectivity index (χ2n) is 5.63. The quantitative estimate of drug-likeness (QED) is 0.748. The third-order valence-corrected chi connectivity index (χ3v) is 3.87. The summed E-state index contributed by atoms with van der Waals surface area (Å²) in [6, 6.07) is 10.8. The van der Waals surface area contributed by atoms with E-state index in [1.807, 2.05) is 0 Å². The topological polar surface area (TPSA) is 15.7 Å². The van der Waals surface area contributed by atoms with Crippen LogP contribution in [0.5, 0.6) is 0 Å². The van der Waals surface area contributed by atoms with Crippen molar-refractivity contribution in [1.29, 1.82) is 0 Å². The maximum absolute atomic E-state index is 5.13. The van der Waals surface area contributed by atoms with Gasteiger partial charge in [-0.25, -0.2) is 0 Å². The van der Waals surface area contributed by atoms with Gasteiger partial charge in [0.2, 0.25) is 0 Å². The average Bonchev–Trinajstić information content (AvgIpc) is 2.85. The number of methoxy groups -OCH3 is 1. The Morgan fingerprint density at radius 1 is 1.32 bits per heavy atom. The van der Waals surface area contributed by atoms with E-state index in [9.17, 15) is 0 Å². The summed E-state index contributed by atoms with van der Waals surface area (Å²) in [5.41, 5.74) is 1.43. The molecule has 0 radical (unpaired) electrons. The highest BCUT2D eigenvalue weighted by Gasteiger charge is 2.23. The summed E-state index contributed by atoms with van der Waals surface area (Å²) < 4.78 is 5.13. The predicted octanol–water partition coefficient (Wildman–Crippen LogP) is 2.09. The molecule has 0 aromatic heterocycles. The lowest BCUT2D eigenvalue weighted by molar-refractivity contribution is 0.152. The number of rotatable bonds is 7. The molecule has 1 heterocycles. The van der Waals surface area contributed by atoms with Crippen molar-refractivity contribution < 1.29 is 4.74 Å². The van der Waals surface area contributed by atoms with Crippen LogP contribution < -0.4 is 0 Å². The first kappa shape index (κ1) is 14.5. The van der Waals surface area contributed by atoms with E-state index >= 15 is 0 Å². The Kier molecular flexibility index (Phi) is 5.83. The van der Waals surface area contributed by atoms with Crippen LogP contribution in [0.4, 0.5) is 0 Å². The van der Waals surface area contributed by atoms with Crippen molar-refractivity contribution in [2.45, 2.75) is 13.0 Å². The van der Waals surface area contributed by atoms with Gasteiger partial charge in [-0.1, -0.05) is 30.3 Å². The molecule has 0 unspecified atom stereocenters. The van der Waals surface area contributed by atoms with Crippen molar-refractivity contribution in [3.05, 3.63) is 35.9 Å². The van der Waals surface area contributed by atoms with Crippen molar-refractivity contribution in [1.82, 2.24) is 9.80 Å². The van der Waals surface area contributed by atoms with Crippen LogP contribution in [0, 0.1) is 5.92 Å². The molecule has 3 heteroatoms. The zero-order valence-corrected chi connectivity index (χ0v) is 12.2. The van der Waals surface area contributed by atoms with Crippen molar-refractivity contribution in [2.24, 2.45) is 5.92 Å². The first-order valence-corrected chi connectivity index (χ1v) is 7.21. The molecule has 1 atom stereocenters. The Bertz CT molecular complexity index is 355. The minimum absolute atomic E-state index is 0.811. The summed E-state index contributed by atoms with van der Waals surface area (Å²) in [7, 11) is 3.96. The minimum Gasteiger partial charge on any atom is -0.383 e. The molecule has 1 saturated heterocycles. The number of likely N-dealkylation sites (tertiary alicyclic amines) is 1. The van der Waals surface area contributed by atoms with Crippen molar-refractivity contribution in [3.8, 4) is 0 Å². The molecule has 3 nitrogen and oxygen atoms in total. The molecule has 2 rings (SSSR count). The molecule has 106 valence electrons. The normalized spacial score (nSPS) is 20.3. The number of benzene rings is 1. The lowest BCUT2D eigenvalue weighted by Gasteiger charge is -2.21. The van der Waals surface area contributed by atoms with Gasteiger partial charge in [-0.2, -0.15) is 0 Å². The van der Waals surface area contributed by atoms with Gasteiger partial charge in [0.1, 0.15) is 0 Å². The summed E-state index contributed by atoms with van der Waals surface area (Å²) >= 11 is 0. The SMILES string of the molecule is COCCN(C)C[C@H]1CCN(Cc2ccccc2)C1. The third kappa shape index (κ3) is 4.94. The minimum atomic E-state index is 0.811. The van der Waals surface area contributed by atoms with Gasteiger partial charge in [0.05, 0.1) is 6.61 Å². The first-order chi connectivity index (χ1) is 9.28. The van der Waals surface area contributed by atoms with Gasteiger partial charge in [-0.05, 0) is 31.5 Å². The fourth-order valence-electron chi connectivity index (χ4n) is 2.83. The summed E-state index contributed by atoms with van der Waals surface area (Å²) in [5, 5.41) is 0. The molecule has 1 aliphatic rings. The highest BCUT2D eigenvalue weighted by molar-refractivity contribution is 5.14. The molecule has 1 aromatic carbocycles. The molecule has 0 spiro atoms. The highest BCUT2D eigenvalue weighted by atomic mass is 16.5. The van der Waals surface area contributed by atoms with Gasteiger partial charge >= 0.3 is 0 Å². The van der Waals surface area contributed by atoms with Crippen LogP contribution in [-0.4, -0.2) is 56.7 Å². The van der Waals surface area contributed by atoms with Gasteiger partial charge in [-0.15, -0.1) is 0 Å². The van der Waals surface area contributed by atoms with Crippen LogP contribution in [0.1, 0.15) is 12.0 Å². The molecule has 1 aliphatic heterocycles. The van der Waals surface area contributed by atoms with E-state index in [4.69, 9.17) is 4.74 Å². The number of ether oxygens (including phenoxy) is 1. The second kappa shape index (κ2) is 7.63. The van der Waals surface area contributed by atoms with Crippen LogP contribution in [0.15, 0.2) is 30.3 Å². The molecular formula is C16H26N2O. The molecule has 1 fully saturated rings. The Balaban J connectivity index is 1.71. The fourth-order valence-corrected chi connectivity index (χ4v) is 2.83. The second-order valence-corrected chi connectivity index (χ2v) is 5.63. The molecule has 1 aromatic rings. The van der Waals surface area contributed by atoms with Crippen LogP contribution in [0.25, 0.3) is 0 Å². The largest absolute Gasteiger partial charge is 0.383 e. The number of nitrogens with zero attached hydrogens (tertiary/aromatic N) is 2. The van der Waals surface area contributed by atoms with E-state index in [1.54, 1.807) is 7.11 Å². The van der Waals surface area contributed by atoms with Crippen molar-refractivity contribution in [2.75, 3.05) is 46.9 Å². The monoisotopic (exact) mass is 262 g/mol. The number of hydrogen-bond acceptors (Lipinski definition) is 3. The maximum Gasteiger partial charge on any atom is 0.0589 e. The van der Waals surface area contributed by atoms with E-state index < -0.39 is 0 Å². The molecular weight excluding hydrogens is 236 g/mol. The Morgan fingerprint density at radius 3 is 2.84 bits per heavy atom. The van der Waals surface area contributed by atoms with E-state index in [2.05, 4.69) is 47.2 Å². The van der Waals surface area contributed by atoms with Crippen molar-refractivity contribution >= 4 is 0 Å². The number of likely N-dealkylation sites (N-methyl/N-ethyl adjacent to an activating group) is 1. The first-order valence-electron chi connectivity index (χ1n) is 7.21. The zero-order chi connectivity index (χ0) is 13.5. The fraction of sp³-hybridized carbons (Fsp3) is 0.625. The molecule has 0 amide bonds. The average molecular weight is 262 g/mol. The maximum atomic E-state index is 5.13. The summed E-state index contributed by atoms with van der Waals surface area (Å²) in [5.74, 6) is 0.811. The van der Waals surface area contributed by atoms with Gasteiger partial charge in [0, 0.05) is 33.3 Å². The molecule has 19 heavy (non-hydrogen) atoms. The molecule has 0 aliphatic carbocycles. The molecule has 0 saturated carbocycles. The van der Waals surface area contributed by atoms with Crippen LogP contribution in [-0.2, 0) is 11.3 Å². The van der Waals surface area contributed by atoms with E-state index in [-0.39, 0.29) is 0 Å². The molecule has 0 bridgehead atoms. The standard InChI is InChI=1S/C16H26N2O/c1-17(10-11-19-2)12-16-8-9-18(14-16)13-15-6-4-3-5-7-15/h3-7,16H,8-14H2,1-2H3/t16-/m1/s1. The van der Waals surface area contributed by atoms with Crippen LogP contribution >= 0.6 is 0 Å².